The summed E-state index contributed by atoms with van der Waals surface area (Å²) in [5.41, 5.74) is 1.71. The van der Waals surface area contributed by atoms with Crippen molar-refractivity contribution >= 4 is 15.7 Å². The molecular formula is C10H14N2O2S. The molecule has 0 fully saturated rings. The summed E-state index contributed by atoms with van der Waals surface area (Å²) in [7, 11) is -3.62. The maximum Gasteiger partial charge on any atom is 0.240 e. The number of para-hydroxylation sites is 1. The van der Waals surface area contributed by atoms with Gasteiger partial charge in [-0.2, -0.15) is 0 Å². The van der Waals surface area contributed by atoms with E-state index in [1.165, 1.54) is 6.07 Å². The van der Waals surface area contributed by atoms with E-state index < -0.39 is 10.0 Å². The molecule has 2 rings (SSSR count). The maximum absolute atomic E-state index is 11.3. The Morgan fingerprint density at radius 3 is 2.87 bits per heavy atom. The Morgan fingerprint density at radius 2 is 2.20 bits per heavy atom. The van der Waals surface area contributed by atoms with E-state index in [2.05, 4.69) is 12.2 Å². The SMILES string of the molecule is C[C@H]1CNc2c(cccc2S(N)(=O)=O)C1. The molecule has 4 nitrogen and oxygen atoms in total. The minimum Gasteiger partial charge on any atom is -0.383 e. The third-order valence-electron chi connectivity index (χ3n) is 2.61. The summed E-state index contributed by atoms with van der Waals surface area (Å²) in [6, 6.07) is 5.21. The topological polar surface area (TPSA) is 72.2 Å². The molecule has 0 bridgehead atoms. The quantitative estimate of drug-likeness (QED) is 0.748. The van der Waals surface area contributed by atoms with Crippen molar-refractivity contribution in [3.05, 3.63) is 23.8 Å². The summed E-state index contributed by atoms with van der Waals surface area (Å²) < 4.78 is 22.6. The molecule has 1 aromatic rings. The van der Waals surface area contributed by atoms with Crippen LogP contribution in [0.25, 0.3) is 0 Å². The van der Waals surface area contributed by atoms with Crippen LogP contribution in [0, 0.1) is 5.92 Å². The lowest BCUT2D eigenvalue weighted by molar-refractivity contribution is 0.584. The molecule has 1 aliphatic heterocycles. The number of benzene rings is 1. The molecule has 0 saturated heterocycles. The van der Waals surface area contributed by atoms with Crippen molar-refractivity contribution < 1.29 is 8.42 Å². The van der Waals surface area contributed by atoms with Crippen LogP contribution < -0.4 is 10.5 Å². The van der Waals surface area contributed by atoms with E-state index >= 15 is 0 Å². The van der Waals surface area contributed by atoms with Crippen LogP contribution in [-0.4, -0.2) is 15.0 Å². The molecule has 1 aromatic carbocycles. The molecule has 0 spiro atoms. The smallest absolute Gasteiger partial charge is 0.240 e. The first-order chi connectivity index (χ1) is 6.98. The molecule has 1 heterocycles. The molecule has 0 amide bonds. The minimum absolute atomic E-state index is 0.201. The fourth-order valence-corrected chi connectivity index (χ4v) is 2.66. The van der Waals surface area contributed by atoms with Crippen LogP contribution in [-0.2, 0) is 16.4 Å². The third-order valence-corrected chi connectivity index (χ3v) is 3.57. The molecule has 1 atom stereocenters. The van der Waals surface area contributed by atoms with Crippen LogP contribution in [0.5, 0.6) is 0 Å². The normalized spacial score (nSPS) is 20.5. The van der Waals surface area contributed by atoms with Crippen molar-refractivity contribution in [2.45, 2.75) is 18.2 Å². The van der Waals surface area contributed by atoms with E-state index in [1.54, 1.807) is 6.07 Å². The summed E-state index contributed by atoms with van der Waals surface area (Å²) in [4.78, 5) is 0.201. The van der Waals surface area contributed by atoms with E-state index in [0.717, 1.165) is 18.5 Å². The van der Waals surface area contributed by atoms with E-state index in [4.69, 9.17) is 5.14 Å². The second kappa shape index (κ2) is 3.50. The largest absolute Gasteiger partial charge is 0.383 e. The number of hydrogen-bond acceptors (Lipinski definition) is 3. The van der Waals surface area contributed by atoms with Gasteiger partial charge in [-0.3, -0.25) is 0 Å². The summed E-state index contributed by atoms with van der Waals surface area (Å²) in [6.45, 7) is 2.92. The summed E-state index contributed by atoms with van der Waals surface area (Å²) >= 11 is 0. The monoisotopic (exact) mass is 226 g/mol. The number of nitrogens with one attached hydrogen (secondary N) is 1. The van der Waals surface area contributed by atoms with Crippen LogP contribution in [0.15, 0.2) is 23.1 Å². The van der Waals surface area contributed by atoms with Gasteiger partial charge in [0.1, 0.15) is 4.90 Å². The van der Waals surface area contributed by atoms with Crippen LogP contribution >= 0.6 is 0 Å². The number of nitrogens with two attached hydrogens (primary N) is 1. The molecular weight excluding hydrogens is 212 g/mol. The van der Waals surface area contributed by atoms with Gasteiger partial charge in [0.05, 0.1) is 5.69 Å². The van der Waals surface area contributed by atoms with Crippen LogP contribution in [0.3, 0.4) is 0 Å². The Balaban J connectivity index is 2.56. The Kier molecular flexibility index (Phi) is 2.44. The van der Waals surface area contributed by atoms with Gasteiger partial charge < -0.3 is 5.32 Å². The second-order valence-corrected chi connectivity index (χ2v) is 5.56. The highest BCUT2D eigenvalue weighted by molar-refractivity contribution is 7.89. The van der Waals surface area contributed by atoms with Gasteiger partial charge in [0.15, 0.2) is 0 Å². The molecule has 1 aliphatic rings. The molecule has 15 heavy (non-hydrogen) atoms. The summed E-state index contributed by atoms with van der Waals surface area (Å²) in [5.74, 6) is 0.522. The van der Waals surface area contributed by atoms with Crippen molar-refractivity contribution in [1.82, 2.24) is 0 Å². The van der Waals surface area contributed by atoms with E-state index in [9.17, 15) is 8.42 Å². The summed E-state index contributed by atoms with van der Waals surface area (Å²) in [6.07, 6.45) is 0.895. The third kappa shape index (κ3) is 1.98. The first kappa shape index (κ1) is 10.4. The molecule has 82 valence electrons. The van der Waals surface area contributed by atoms with Crippen molar-refractivity contribution in [2.75, 3.05) is 11.9 Å². The standard InChI is InChI=1S/C10H14N2O2S/c1-7-5-8-3-2-4-9(15(11,13)14)10(8)12-6-7/h2-4,7,12H,5-6H2,1H3,(H2,11,13,14)/t7-/m1/s1. The van der Waals surface area contributed by atoms with E-state index in [1.807, 2.05) is 6.07 Å². The van der Waals surface area contributed by atoms with Crippen LogP contribution in [0.4, 0.5) is 5.69 Å². The Morgan fingerprint density at radius 1 is 1.47 bits per heavy atom. The second-order valence-electron chi connectivity index (χ2n) is 4.03. The molecule has 5 heteroatoms. The lowest BCUT2D eigenvalue weighted by Gasteiger charge is -2.24. The van der Waals surface area contributed by atoms with Crippen molar-refractivity contribution in [2.24, 2.45) is 11.1 Å². The van der Waals surface area contributed by atoms with Crippen molar-refractivity contribution in [3.8, 4) is 0 Å². The van der Waals surface area contributed by atoms with Gasteiger partial charge in [0, 0.05) is 6.54 Å². The van der Waals surface area contributed by atoms with Crippen LogP contribution in [0.1, 0.15) is 12.5 Å². The fourth-order valence-electron chi connectivity index (χ4n) is 1.91. The maximum atomic E-state index is 11.3. The molecule has 0 saturated carbocycles. The number of fused-ring (bicyclic) bond motifs is 1. The number of sulfonamides is 1. The van der Waals surface area contributed by atoms with Crippen LogP contribution in [0.2, 0.25) is 0 Å². The Labute approximate surface area is 89.5 Å². The molecule has 0 aromatic heterocycles. The predicted molar refractivity (Wildman–Crippen MR) is 59.2 cm³/mol. The molecule has 0 aliphatic carbocycles. The van der Waals surface area contributed by atoms with Gasteiger partial charge in [0.2, 0.25) is 10.0 Å². The first-order valence-electron chi connectivity index (χ1n) is 4.87. The first-order valence-corrected chi connectivity index (χ1v) is 6.41. The van der Waals surface area contributed by atoms with Crippen molar-refractivity contribution in [1.29, 1.82) is 0 Å². The van der Waals surface area contributed by atoms with Gasteiger partial charge in [-0.25, -0.2) is 13.6 Å². The average Bonchev–Trinajstić information content (AvgIpc) is 2.15. The highest BCUT2D eigenvalue weighted by atomic mass is 32.2. The van der Waals surface area contributed by atoms with Gasteiger partial charge in [0.25, 0.3) is 0 Å². The number of hydrogen-bond donors (Lipinski definition) is 2. The van der Waals surface area contributed by atoms with Gasteiger partial charge in [-0.1, -0.05) is 19.1 Å². The Bertz CT molecular complexity index is 482. The molecule has 0 radical (unpaired) electrons. The van der Waals surface area contributed by atoms with Crippen molar-refractivity contribution in [3.63, 3.8) is 0 Å². The zero-order valence-electron chi connectivity index (χ0n) is 8.53. The number of anilines is 1. The number of rotatable bonds is 1. The average molecular weight is 226 g/mol. The summed E-state index contributed by atoms with van der Waals surface area (Å²) in [5, 5.41) is 8.28. The molecule has 3 N–H and O–H groups in total. The highest BCUT2D eigenvalue weighted by Crippen LogP contribution is 2.30. The predicted octanol–water partition coefficient (Wildman–Crippen LogP) is 0.938. The van der Waals surface area contributed by atoms with Gasteiger partial charge >= 0.3 is 0 Å². The van der Waals surface area contributed by atoms with Gasteiger partial charge in [-0.15, -0.1) is 0 Å². The lowest BCUT2D eigenvalue weighted by atomic mass is 9.96. The van der Waals surface area contributed by atoms with E-state index in [0.29, 0.717) is 11.6 Å². The number of primary sulfonamides is 1. The Hall–Kier alpha value is -1.07. The molecule has 0 unspecified atom stereocenters. The zero-order chi connectivity index (χ0) is 11.1. The lowest BCUT2D eigenvalue weighted by Crippen LogP contribution is -2.24. The van der Waals surface area contributed by atoms with Gasteiger partial charge in [-0.05, 0) is 24.0 Å². The zero-order valence-corrected chi connectivity index (χ0v) is 9.34. The highest BCUT2D eigenvalue weighted by Gasteiger charge is 2.21. The minimum atomic E-state index is -3.62. The fraction of sp³-hybridized carbons (Fsp3) is 0.400. The van der Waals surface area contributed by atoms with E-state index in [-0.39, 0.29) is 4.90 Å².